The number of aromatic nitrogens is 1. The van der Waals surface area contributed by atoms with Crippen molar-refractivity contribution in [1.82, 2.24) is 9.88 Å². The standard InChI is InChI=1S/C23H21FN4O/c1-15(29)28-8-5-20(6-9-28)27-23-12-19(10-17-4-7-26-14-21(17)23)16-2-3-18(13-25)22(24)11-16/h2-4,7,10-12,14,20,27H,5-6,8-9H2,1H3. The van der Waals surface area contributed by atoms with Gasteiger partial charge < -0.3 is 10.2 Å². The summed E-state index contributed by atoms with van der Waals surface area (Å²) in [6.45, 7) is 3.08. The van der Waals surface area contributed by atoms with Gasteiger partial charge in [-0.15, -0.1) is 0 Å². The number of anilines is 1. The van der Waals surface area contributed by atoms with E-state index < -0.39 is 5.82 Å². The number of nitriles is 1. The monoisotopic (exact) mass is 388 g/mol. The molecule has 0 aliphatic carbocycles. The summed E-state index contributed by atoms with van der Waals surface area (Å²) in [6.07, 6.45) is 5.31. The maximum absolute atomic E-state index is 14.1. The highest BCUT2D eigenvalue weighted by Crippen LogP contribution is 2.32. The van der Waals surface area contributed by atoms with Crippen LogP contribution < -0.4 is 5.32 Å². The third-order valence-electron chi connectivity index (χ3n) is 5.48. The average molecular weight is 388 g/mol. The number of halogens is 1. The van der Waals surface area contributed by atoms with Gasteiger partial charge in [-0.3, -0.25) is 9.78 Å². The summed E-state index contributed by atoms with van der Waals surface area (Å²) in [5, 5.41) is 14.6. The number of benzene rings is 2. The highest BCUT2D eigenvalue weighted by Gasteiger charge is 2.21. The van der Waals surface area contributed by atoms with Crippen molar-refractivity contribution >= 4 is 22.4 Å². The van der Waals surface area contributed by atoms with E-state index in [1.165, 1.54) is 12.1 Å². The Hall–Kier alpha value is -3.46. The SMILES string of the molecule is CC(=O)N1CCC(Nc2cc(-c3ccc(C#N)c(F)c3)cc3ccncc23)CC1. The lowest BCUT2D eigenvalue weighted by molar-refractivity contribution is -0.129. The molecule has 1 saturated heterocycles. The third-order valence-corrected chi connectivity index (χ3v) is 5.48. The summed E-state index contributed by atoms with van der Waals surface area (Å²) < 4.78 is 14.1. The van der Waals surface area contributed by atoms with Crippen molar-refractivity contribution in [2.45, 2.75) is 25.8 Å². The van der Waals surface area contributed by atoms with Crippen LogP contribution in [0.15, 0.2) is 48.8 Å². The minimum absolute atomic E-state index is 0.0364. The highest BCUT2D eigenvalue weighted by atomic mass is 19.1. The van der Waals surface area contributed by atoms with Crippen LogP contribution >= 0.6 is 0 Å². The molecule has 0 spiro atoms. The second-order valence-electron chi connectivity index (χ2n) is 7.35. The molecular formula is C23H21FN4O. The van der Waals surface area contributed by atoms with Gasteiger partial charge in [0, 0.05) is 49.5 Å². The first kappa shape index (κ1) is 18.9. The van der Waals surface area contributed by atoms with E-state index >= 15 is 0 Å². The molecule has 29 heavy (non-hydrogen) atoms. The van der Waals surface area contributed by atoms with Gasteiger partial charge in [0.1, 0.15) is 11.9 Å². The van der Waals surface area contributed by atoms with E-state index in [1.807, 2.05) is 35.4 Å². The number of rotatable bonds is 3. The summed E-state index contributed by atoms with van der Waals surface area (Å²) in [5.74, 6) is -0.408. The Morgan fingerprint density at radius 3 is 2.69 bits per heavy atom. The molecule has 1 aliphatic heterocycles. The van der Waals surface area contributed by atoms with Crippen molar-refractivity contribution < 1.29 is 9.18 Å². The molecule has 0 radical (unpaired) electrons. The van der Waals surface area contributed by atoms with Crippen molar-refractivity contribution in [3.63, 3.8) is 0 Å². The molecule has 146 valence electrons. The molecule has 0 unspecified atom stereocenters. The Morgan fingerprint density at radius 2 is 2.00 bits per heavy atom. The van der Waals surface area contributed by atoms with E-state index in [0.29, 0.717) is 0 Å². The van der Waals surface area contributed by atoms with Gasteiger partial charge in [0.25, 0.3) is 0 Å². The Bertz CT molecular complexity index is 1110. The van der Waals surface area contributed by atoms with E-state index in [4.69, 9.17) is 5.26 Å². The average Bonchev–Trinajstić information content (AvgIpc) is 2.74. The molecule has 4 rings (SSSR count). The molecule has 0 saturated carbocycles. The van der Waals surface area contributed by atoms with E-state index in [2.05, 4.69) is 10.3 Å². The van der Waals surface area contributed by atoms with E-state index in [1.54, 1.807) is 19.2 Å². The Kier molecular flexibility index (Phi) is 5.13. The number of hydrogen-bond donors (Lipinski definition) is 1. The minimum atomic E-state index is -0.522. The highest BCUT2D eigenvalue weighted by molar-refractivity contribution is 5.97. The maximum Gasteiger partial charge on any atom is 0.219 e. The summed E-state index contributed by atoms with van der Waals surface area (Å²) in [7, 11) is 0. The van der Waals surface area contributed by atoms with Gasteiger partial charge in [-0.05, 0) is 59.7 Å². The van der Waals surface area contributed by atoms with Crippen LogP contribution in [0, 0.1) is 17.1 Å². The fourth-order valence-electron chi connectivity index (χ4n) is 3.83. The van der Waals surface area contributed by atoms with Crippen molar-refractivity contribution in [1.29, 1.82) is 5.26 Å². The number of nitrogens with zero attached hydrogens (tertiary/aromatic N) is 3. The first-order valence-corrected chi connectivity index (χ1v) is 9.65. The fourth-order valence-corrected chi connectivity index (χ4v) is 3.83. The third kappa shape index (κ3) is 3.90. The number of likely N-dealkylation sites (tertiary alicyclic amines) is 1. The molecule has 1 aliphatic rings. The van der Waals surface area contributed by atoms with Crippen LogP contribution in [0.2, 0.25) is 0 Å². The topological polar surface area (TPSA) is 69.0 Å². The van der Waals surface area contributed by atoms with Crippen LogP contribution in [0.5, 0.6) is 0 Å². The van der Waals surface area contributed by atoms with Gasteiger partial charge >= 0.3 is 0 Å². The number of pyridine rings is 1. The molecule has 6 heteroatoms. The molecule has 1 aromatic heterocycles. The summed E-state index contributed by atoms with van der Waals surface area (Å²) in [6, 6.07) is 12.7. The van der Waals surface area contributed by atoms with Crippen LogP contribution in [-0.4, -0.2) is 34.9 Å². The Morgan fingerprint density at radius 1 is 1.21 bits per heavy atom. The van der Waals surface area contributed by atoms with Crippen molar-refractivity contribution in [3.8, 4) is 17.2 Å². The normalized spacial score (nSPS) is 14.6. The molecule has 3 aromatic rings. The lowest BCUT2D eigenvalue weighted by Crippen LogP contribution is -2.41. The minimum Gasteiger partial charge on any atom is -0.382 e. The number of carbonyl (C=O) groups excluding carboxylic acids is 1. The summed E-state index contributed by atoms with van der Waals surface area (Å²) >= 11 is 0. The lowest BCUT2D eigenvalue weighted by Gasteiger charge is -2.32. The molecule has 0 atom stereocenters. The number of nitrogens with one attached hydrogen (secondary N) is 1. The second kappa shape index (κ2) is 7.88. The predicted molar refractivity (Wildman–Crippen MR) is 111 cm³/mol. The fraction of sp³-hybridized carbons (Fsp3) is 0.261. The Balaban J connectivity index is 1.68. The van der Waals surface area contributed by atoms with Crippen LogP contribution in [-0.2, 0) is 4.79 Å². The summed E-state index contributed by atoms with van der Waals surface area (Å²) in [5.41, 5.74) is 2.57. The largest absolute Gasteiger partial charge is 0.382 e. The molecule has 1 amide bonds. The Labute approximate surface area is 168 Å². The van der Waals surface area contributed by atoms with Crippen molar-refractivity contribution in [3.05, 3.63) is 60.2 Å². The molecule has 1 N–H and O–H groups in total. The number of amides is 1. The smallest absolute Gasteiger partial charge is 0.219 e. The van der Waals surface area contributed by atoms with Gasteiger partial charge in [-0.1, -0.05) is 6.07 Å². The van der Waals surface area contributed by atoms with Gasteiger partial charge in [0.15, 0.2) is 0 Å². The predicted octanol–water partition coefficient (Wildman–Crippen LogP) is 4.34. The van der Waals surface area contributed by atoms with Gasteiger partial charge in [-0.25, -0.2) is 4.39 Å². The number of fused-ring (bicyclic) bond motifs is 1. The van der Waals surface area contributed by atoms with Gasteiger partial charge in [0.05, 0.1) is 5.56 Å². The van der Waals surface area contributed by atoms with Crippen LogP contribution in [0.3, 0.4) is 0 Å². The number of piperidine rings is 1. The quantitative estimate of drug-likeness (QED) is 0.725. The van der Waals surface area contributed by atoms with Crippen LogP contribution in [0.4, 0.5) is 10.1 Å². The van der Waals surface area contributed by atoms with E-state index in [0.717, 1.165) is 53.5 Å². The molecule has 2 heterocycles. The molecule has 2 aromatic carbocycles. The molecule has 1 fully saturated rings. The van der Waals surface area contributed by atoms with E-state index in [9.17, 15) is 9.18 Å². The van der Waals surface area contributed by atoms with Crippen molar-refractivity contribution in [2.24, 2.45) is 0 Å². The van der Waals surface area contributed by atoms with E-state index in [-0.39, 0.29) is 17.5 Å². The second-order valence-corrected chi connectivity index (χ2v) is 7.35. The first-order chi connectivity index (χ1) is 14.0. The molecule has 5 nitrogen and oxygen atoms in total. The zero-order valence-electron chi connectivity index (χ0n) is 16.2. The maximum atomic E-state index is 14.1. The van der Waals surface area contributed by atoms with Crippen LogP contribution in [0.1, 0.15) is 25.3 Å². The lowest BCUT2D eigenvalue weighted by atomic mass is 9.98. The zero-order chi connectivity index (χ0) is 20.4. The van der Waals surface area contributed by atoms with Gasteiger partial charge in [0.2, 0.25) is 5.91 Å². The number of carbonyl (C=O) groups is 1. The van der Waals surface area contributed by atoms with Crippen LogP contribution in [0.25, 0.3) is 21.9 Å². The van der Waals surface area contributed by atoms with Crippen molar-refractivity contribution in [2.75, 3.05) is 18.4 Å². The number of hydrogen-bond acceptors (Lipinski definition) is 4. The first-order valence-electron chi connectivity index (χ1n) is 9.65. The molecular weight excluding hydrogens is 367 g/mol. The van der Waals surface area contributed by atoms with Gasteiger partial charge in [-0.2, -0.15) is 5.26 Å². The zero-order valence-corrected chi connectivity index (χ0v) is 16.2. The molecule has 0 bridgehead atoms. The summed E-state index contributed by atoms with van der Waals surface area (Å²) in [4.78, 5) is 17.7.